The van der Waals surface area contributed by atoms with Crippen molar-refractivity contribution >= 4 is 0 Å². The molecule has 1 aliphatic carbocycles. The van der Waals surface area contributed by atoms with Gasteiger partial charge in [0, 0.05) is 23.0 Å². The molecule has 1 heterocycles. The second-order valence-corrected chi connectivity index (χ2v) is 6.60. The van der Waals surface area contributed by atoms with Crippen LogP contribution in [0.4, 0.5) is 0 Å². The van der Waals surface area contributed by atoms with E-state index in [-0.39, 0.29) is 11.3 Å². The van der Waals surface area contributed by atoms with Crippen molar-refractivity contribution in [2.75, 3.05) is 0 Å². The van der Waals surface area contributed by atoms with Crippen LogP contribution >= 0.6 is 0 Å². The van der Waals surface area contributed by atoms with Crippen molar-refractivity contribution in [2.24, 2.45) is 0 Å². The van der Waals surface area contributed by atoms with E-state index < -0.39 is 0 Å². The van der Waals surface area contributed by atoms with Gasteiger partial charge in [-0.15, -0.1) is 0 Å². The minimum atomic E-state index is -0.193. The number of hydrogen-bond donors (Lipinski definition) is 1. The van der Waals surface area contributed by atoms with Gasteiger partial charge in [-0.2, -0.15) is 0 Å². The summed E-state index contributed by atoms with van der Waals surface area (Å²) in [7, 11) is 0. The molecule has 26 heavy (non-hydrogen) atoms. The van der Waals surface area contributed by atoms with E-state index in [9.17, 15) is 9.90 Å². The molecule has 1 aromatic heterocycles. The number of rotatable bonds is 4. The van der Waals surface area contributed by atoms with Crippen LogP contribution < -0.4 is 10.3 Å². The first-order valence-electron chi connectivity index (χ1n) is 8.96. The Hall–Kier alpha value is -3.01. The molecule has 1 N–H and O–H groups in total. The summed E-state index contributed by atoms with van der Waals surface area (Å²) in [6.07, 6.45) is 3.71. The van der Waals surface area contributed by atoms with Crippen molar-refractivity contribution in [1.82, 2.24) is 4.57 Å². The number of nitrogens with zero attached hydrogens (tertiary/aromatic N) is 1. The molecule has 0 bridgehead atoms. The van der Waals surface area contributed by atoms with Gasteiger partial charge in [0.05, 0.1) is 0 Å². The molecule has 4 nitrogen and oxygen atoms in total. The van der Waals surface area contributed by atoms with Gasteiger partial charge in [-0.25, -0.2) is 0 Å². The molecule has 4 heteroatoms. The van der Waals surface area contributed by atoms with Crippen LogP contribution in [0.3, 0.4) is 0 Å². The van der Waals surface area contributed by atoms with Crippen LogP contribution in [-0.2, 0) is 19.4 Å². The minimum absolute atomic E-state index is 0.128. The third-order valence-corrected chi connectivity index (χ3v) is 4.84. The zero-order chi connectivity index (χ0) is 17.9. The van der Waals surface area contributed by atoms with E-state index in [0.29, 0.717) is 6.61 Å². The summed E-state index contributed by atoms with van der Waals surface area (Å²) >= 11 is 0. The third-order valence-electron chi connectivity index (χ3n) is 4.84. The molecule has 0 amide bonds. The van der Waals surface area contributed by atoms with Crippen LogP contribution in [0.15, 0.2) is 65.5 Å². The SMILES string of the molecule is O=c1cc(O)c2c(n1-c1ccc(OCc3ccccc3)cc1)CCCC2. The molecule has 0 unspecified atom stereocenters. The fourth-order valence-corrected chi connectivity index (χ4v) is 3.53. The van der Waals surface area contributed by atoms with Crippen molar-refractivity contribution in [1.29, 1.82) is 0 Å². The fourth-order valence-electron chi connectivity index (χ4n) is 3.53. The first kappa shape index (κ1) is 16.5. The average molecular weight is 347 g/mol. The highest BCUT2D eigenvalue weighted by atomic mass is 16.5. The lowest BCUT2D eigenvalue weighted by Gasteiger charge is -2.22. The predicted molar refractivity (Wildman–Crippen MR) is 101 cm³/mol. The summed E-state index contributed by atoms with van der Waals surface area (Å²) in [6.45, 7) is 0.509. The first-order chi connectivity index (χ1) is 12.7. The van der Waals surface area contributed by atoms with Crippen LogP contribution in [-0.4, -0.2) is 9.67 Å². The molecule has 0 radical (unpaired) electrons. The Morgan fingerprint density at radius 2 is 1.69 bits per heavy atom. The van der Waals surface area contributed by atoms with Crippen molar-refractivity contribution < 1.29 is 9.84 Å². The molecule has 0 saturated heterocycles. The molecule has 1 aliphatic rings. The monoisotopic (exact) mass is 347 g/mol. The van der Waals surface area contributed by atoms with Gasteiger partial charge in [-0.3, -0.25) is 9.36 Å². The molecule has 2 aromatic carbocycles. The number of aromatic nitrogens is 1. The second-order valence-electron chi connectivity index (χ2n) is 6.60. The molecule has 4 rings (SSSR count). The molecule has 0 fully saturated rings. The van der Waals surface area contributed by atoms with Crippen molar-refractivity contribution in [3.63, 3.8) is 0 Å². The van der Waals surface area contributed by atoms with Gasteiger partial charge in [0.2, 0.25) is 0 Å². The van der Waals surface area contributed by atoms with Gasteiger partial charge in [0.15, 0.2) is 0 Å². The number of benzene rings is 2. The Labute approximate surface area is 152 Å². The van der Waals surface area contributed by atoms with E-state index in [4.69, 9.17) is 4.74 Å². The first-order valence-corrected chi connectivity index (χ1v) is 8.96. The van der Waals surface area contributed by atoms with Gasteiger partial charge < -0.3 is 9.84 Å². The number of ether oxygens (including phenoxy) is 1. The van der Waals surface area contributed by atoms with Crippen molar-refractivity contribution in [2.45, 2.75) is 32.3 Å². The van der Waals surface area contributed by atoms with Gasteiger partial charge in [-0.1, -0.05) is 30.3 Å². The standard InChI is InChI=1S/C22H21NO3/c24-21-14-22(25)23(20-9-5-4-8-19(20)21)17-10-12-18(13-11-17)26-15-16-6-2-1-3-7-16/h1-3,6-7,10-14,24H,4-5,8-9,15H2. The van der Waals surface area contributed by atoms with E-state index in [2.05, 4.69) is 0 Å². The molecular weight excluding hydrogens is 326 g/mol. The summed E-state index contributed by atoms with van der Waals surface area (Å²) in [4.78, 5) is 12.5. The Morgan fingerprint density at radius 1 is 0.962 bits per heavy atom. The quantitative estimate of drug-likeness (QED) is 0.776. The topological polar surface area (TPSA) is 51.5 Å². The Balaban J connectivity index is 1.60. The van der Waals surface area contributed by atoms with E-state index >= 15 is 0 Å². The molecule has 132 valence electrons. The van der Waals surface area contributed by atoms with Crippen molar-refractivity contribution in [3.8, 4) is 17.2 Å². The van der Waals surface area contributed by atoms with E-state index in [0.717, 1.165) is 53.9 Å². The van der Waals surface area contributed by atoms with E-state index in [1.54, 1.807) is 4.57 Å². The number of fused-ring (bicyclic) bond motifs is 1. The maximum atomic E-state index is 12.5. The average Bonchev–Trinajstić information content (AvgIpc) is 2.68. The van der Waals surface area contributed by atoms with Gasteiger partial charge in [0.1, 0.15) is 18.1 Å². The summed E-state index contributed by atoms with van der Waals surface area (Å²) in [5, 5.41) is 10.1. The lowest BCUT2D eigenvalue weighted by Crippen LogP contribution is -2.24. The predicted octanol–water partition coefficient (Wildman–Crippen LogP) is 4.00. The van der Waals surface area contributed by atoms with Gasteiger partial charge in [-0.05, 0) is 55.5 Å². The smallest absolute Gasteiger partial charge is 0.259 e. The molecule has 3 aromatic rings. The zero-order valence-electron chi connectivity index (χ0n) is 14.5. The summed E-state index contributed by atoms with van der Waals surface area (Å²) in [6, 6.07) is 18.9. The highest BCUT2D eigenvalue weighted by Crippen LogP contribution is 2.29. The molecule has 0 atom stereocenters. The van der Waals surface area contributed by atoms with Crippen molar-refractivity contribution in [3.05, 3.63) is 87.8 Å². The molecule has 0 aliphatic heterocycles. The Morgan fingerprint density at radius 3 is 2.46 bits per heavy atom. The summed E-state index contributed by atoms with van der Waals surface area (Å²) in [5.74, 6) is 0.891. The fraction of sp³-hybridized carbons (Fsp3) is 0.227. The van der Waals surface area contributed by atoms with Gasteiger partial charge in [0.25, 0.3) is 5.56 Å². The molecule has 0 spiro atoms. The maximum absolute atomic E-state index is 12.5. The number of aromatic hydroxyl groups is 1. The summed E-state index contributed by atoms with van der Waals surface area (Å²) in [5.41, 5.74) is 3.56. The Bertz CT molecular complexity index is 959. The highest BCUT2D eigenvalue weighted by molar-refractivity contribution is 5.45. The lowest BCUT2D eigenvalue weighted by molar-refractivity contribution is 0.306. The largest absolute Gasteiger partial charge is 0.507 e. The number of hydrogen-bond acceptors (Lipinski definition) is 3. The maximum Gasteiger partial charge on any atom is 0.259 e. The van der Waals surface area contributed by atoms with Gasteiger partial charge >= 0.3 is 0 Å². The van der Waals surface area contributed by atoms with Crippen LogP contribution in [0.2, 0.25) is 0 Å². The lowest BCUT2D eigenvalue weighted by atomic mass is 9.94. The van der Waals surface area contributed by atoms with Crippen LogP contribution in [0.5, 0.6) is 11.5 Å². The minimum Gasteiger partial charge on any atom is -0.507 e. The van der Waals surface area contributed by atoms with Crippen LogP contribution in [0.1, 0.15) is 29.7 Å². The van der Waals surface area contributed by atoms with Crippen LogP contribution in [0, 0.1) is 0 Å². The normalized spacial score (nSPS) is 13.2. The second kappa shape index (κ2) is 7.08. The zero-order valence-corrected chi connectivity index (χ0v) is 14.5. The van der Waals surface area contributed by atoms with E-state index in [1.807, 2.05) is 54.6 Å². The van der Waals surface area contributed by atoms with Crippen LogP contribution in [0.25, 0.3) is 5.69 Å². The summed E-state index contributed by atoms with van der Waals surface area (Å²) < 4.78 is 7.53. The number of pyridine rings is 1. The molecular formula is C22H21NO3. The highest BCUT2D eigenvalue weighted by Gasteiger charge is 2.19. The molecule has 0 saturated carbocycles. The van der Waals surface area contributed by atoms with E-state index in [1.165, 1.54) is 6.07 Å². The third kappa shape index (κ3) is 3.23. The Kier molecular flexibility index (Phi) is 4.48.